The van der Waals surface area contributed by atoms with Gasteiger partial charge in [0.05, 0.1) is 17.0 Å². The molecular weight excluding hydrogens is 593 g/mol. The van der Waals surface area contributed by atoms with E-state index in [4.69, 9.17) is 34.8 Å². The molecule has 2 amide bonds. The van der Waals surface area contributed by atoms with Gasteiger partial charge in [0, 0.05) is 29.1 Å². The summed E-state index contributed by atoms with van der Waals surface area (Å²) in [6, 6.07) is 19.4. The molecule has 7 nitrogen and oxygen atoms in total. The molecule has 0 aliphatic heterocycles. The van der Waals surface area contributed by atoms with Crippen molar-refractivity contribution in [2.45, 2.75) is 45.3 Å². The Hall–Kier alpha value is -2.78. The van der Waals surface area contributed by atoms with Gasteiger partial charge in [-0.25, -0.2) is 8.42 Å². The zero-order valence-corrected chi connectivity index (χ0v) is 25.6. The Morgan fingerprint density at radius 1 is 0.925 bits per heavy atom. The summed E-state index contributed by atoms with van der Waals surface area (Å²) in [5.41, 5.74) is 1.54. The van der Waals surface area contributed by atoms with Crippen molar-refractivity contribution in [3.05, 3.63) is 99.0 Å². The Morgan fingerprint density at radius 3 is 2.17 bits per heavy atom. The summed E-state index contributed by atoms with van der Waals surface area (Å²) in [6.45, 7) is 3.19. The van der Waals surface area contributed by atoms with Crippen LogP contribution in [0.2, 0.25) is 15.1 Å². The summed E-state index contributed by atoms with van der Waals surface area (Å²) in [6.07, 6.45) is 1.89. The largest absolute Gasteiger partial charge is 0.352 e. The summed E-state index contributed by atoms with van der Waals surface area (Å²) < 4.78 is 26.7. The van der Waals surface area contributed by atoms with Crippen molar-refractivity contribution >= 4 is 62.3 Å². The number of nitrogens with zero attached hydrogens (tertiary/aromatic N) is 2. The van der Waals surface area contributed by atoms with E-state index in [0.29, 0.717) is 22.0 Å². The Bertz CT molecular complexity index is 1440. The molecule has 214 valence electrons. The number of anilines is 1. The topological polar surface area (TPSA) is 86.8 Å². The van der Waals surface area contributed by atoms with Gasteiger partial charge < -0.3 is 10.2 Å². The zero-order chi connectivity index (χ0) is 29.4. The SMILES string of the molecule is CC[C@@H](C)NC(=O)[C@@H](Cc1ccccc1)N(Cc1ccc(Cl)cc1Cl)C(=O)CN(c1ccccc1Cl)S(C)(=O)=O. The van der Waals surface area contributed by atoms with Crippen molar-refractivity contribution in [2.75, 3.05) is 17.1 Å². The first-order chi connectivity index (χ1) is 18.9. The lowest BCUT2D eigenvalue weighted by Crippen LogP contribution is -2.54. The first-order valence-corrected chi connectivity index (χ1v) is 15.7. The molecule has 0 saturated carbocycles. The monoisotopic (exact) mass is 623 g/mol. The number of hydrogen-bond acceptors (Lipinski definition) is 4. The van der Waals surface area contributed by atoms with Gasteiger partial charge in [-0.1, -0.05) is 90.3 Å². The number of carbonyl (C=O) groups is 2. The Kier molecular flexibility index (Phi) is 11.3. The summed E-state index contributed by atoms with van der Waals surface area (Å²) in [5, 5.41) is 3.89. The van der Waals surface area contributed by atoms with Crippen LogP contribution in [0.1, 0.15) is 31.4 Å². The minimum absolute atomic E-state index is 0.0552. The van der Waals surface area contributed by atoms with E-state index in [9.17, 15) is 18.0 Å². The van der Waals surface area contributed by atoms with Crippen LogP contribution in [0, 0.1) is 0 Å². The molecule has 0 aromatic heterocycles. The predicted molar refractivity (Wildman–Crippen MR) is 162 cm³/mol. The highest BCUT2D eigenvalue weighted by atomic mass is 35.5. The number of benzene rings is 3. The van der Waals surface area contributed by atoms with Crippen molar-refractivity contribution in [3.8, 4) is 0 Å². The van der Waals surface area contributed by atoms with E-state index in [1.807, 2.05) is 44.2 Å². The number of halogens is 3. The minimum Gasteiger partial charge on any atom is -0.352 e. The van der Waals surface area contributed by atoms with Gasteiger partial charge in [-0.15, -0.1) is 0 Å². The van der Waals surface area contributed by atoms with Crippen molar-refractivity contribution in [1.29, 1.82) is 0 Å². The summed E-state index contributed by atoms with van der Waals surface area (Å²) >= 11 is 18.9. The third kappa shape index (κ3) is 8.61. The van der Waals surface area contributed by atoms with E-state index in [1.165, 1.54) is 11.0 Å². The Balaban J connectivity index is 2.10. The zero-order valence-electron chi connectivity index (χ0n) is 22.5. The molecule has 3 rings (SSSR count). The van der Waals surface area contributed by atoms with Crippen molar-refractivity contribution in [2.24, 2.45) is 0 Å². The molecule has 0 heterocycles. The normalized spacial score (nSPS) is 12.8. The standard InChI is InChI=1S/C29H32Cl3N3O4S/c1-4-20(2)33-29(37)27(16-21-10-6-5-7-11-21)34(18-22-14-15-23(30)17-25(22)32)28(36)19-35(40(3,38)39)26-13-9-8-12-24(26)31/h5-15,17,20,27H,4,16,18-19H2,1-3H3,(H,33,37)/t20-,27-/m1/s1. The first kappa shape index (κ1) is 31.7. The van der Waals surface area contributed by atoms with E-state index in [-0.39, 0.29) is 35.6 Å². The molecule has 0 saturated heterocycles. The molecule has 0 radical (unpaired) electrons. The number of nitrogens with one attached hydrogen (secondary N) is 1. The summed E-state index contributed by atoms with van der Waals surface area (Å²) in [5.74, 6) is -0.961. The van der Waals surface area contributed by atoms with Crippen LogP contribution in [0.25, 0.3) is 0 Å². The van der Waals surface area contributed by atoms with Crippen molar-refractivity contribution < 1.29 is 18.0 Å². The average Bonchev–Trinajstić information content (AvgIpc) is 2.90. The van der Waals surface area contributed by atoms with Crippen LogP contribution in [0.3, 0.4) is 0 Å². The van der Waals surface area contributed by atoms with Gasteiger partial charge in [-0.05, 0) is 48.7 Å². The molecule has 40 heavy (non-hydrogen) atoms. The highest BCUT2D eigenvalue weighted by Crippen LogP contribution is 2.28. The molecular formula is C29H32Cl3N3O4S. The number of hydrogen-bond donors (Lipinski definition) is 1. The third-order valence-corrected chi connectivity index (χ3v) is 8.46. The van der Waals surface area contributed by atoms with Crippen LogP contribution in [-0.4, -0.2) is 50.0 Å². The molecule has 0 aliphatic carbocycles. The maximum Gasteiger partial charge on any atom is 0.244 e. The van der Waals surface area contributed by atoms with Crippen molar-refractivity contribution in [1.82, 2.24) is 10.2 Å². The summed E-state index contributed by atoms with van der Waals surface area (Å²) in [4.78, 5) is 29.1. The fourth-order valence-electron chi connectivity index (χ4n) is 4.08. The van der Waals surface area contributed by atoms with Crippen molar-refractivity contribution in [3.63, 3.8) is 0 Å². The van der Waals surface area contributed by atoms with Gasteiger partial charge in [0.1, 0.15) is 12.6 Å². The van der Waals surface area contributed by atoms with Crippen LogP contribution in [0.15, 0.2) is 72.8 Å². The van der Waals surface area contributed by atoms with Gasteiger partial charge >= 0.3 is 0 Å². The highest BCUT2D eigenvalue weighted by molar-refractivity contribution is 7.92. The molecule has 0 fully saturated rings. The van der Waals surface area contributed by atoms with Crippen LogP contribution < -0.4 is 9.62 Å². The number of sulfonamides is 1. The van der Waals surface area contributed by atoms with Gasteiger partial charge in [0.2, 0.25) is 21.8 Å². The average molecular weight is 625 g/mol. The van der Waals surface area contributed by atoms with E-state index in [2.05, 4.69) is 5.32 Å². The van der Waals surface area contributed by atoms with Crippen LogP contribution in [0.5, 0.6) is 0 Å². The number of amides is 2. The summed E-state index contributed by atoms with van der Waals surface area (Å²) in [7, 11) is -3.93. The van der Waals surface area contributed by atoms with Crippen LogP contribution >= 0.6 is 34.8 Å². The Labute approximate surface area is 251 Å². The molecule has 3 aromatic rings. The fraction of sp³-hybridized carbons (Fsp3) is 0.310. The van der Waals surface area contributed by atoms with E-state index >= 15 is 0 Å². The number of carbonyl (C=O) groups excluding carboxylic acids is 2. The fourth-order valence-corrected chi connectivity index (χ4v) is 5.69. The maximum absolute atomic E-state index is 14.1. The lowest BCUT2D eigenvalue weighted by molar-refractivity contribution is -0.140. The second kappa shape index (κ2) is 14.2. The van der Waals surface area contributed by atoms with E-state index < -0.39 is 28.5 Å². The molecule has 11 heteroatoms. The molecule has 1 N–H and O–H groups in total. The Morgan fingerprint density at radius 2 is 1.57 bits per heavy atom. The second-order valence-corrected chi connectivity index (χ2v) is 12.7. The highest BCUT2D eigenvalue weighted by Gasteiger charge is 2.34. The maximum atomic E-state index is 14.1. The second-order valence-electron chi connectivity index (χ2n) is 9.50. The van der Waals surface area contributed by atoms with Crippen LogP contribution in [-0.2, 0) is 32.6 Å². The number of rotatable bonds is 12. The molecule has 3 aromatic carbocycles. The first-order valence-electron chi connectivity index (χ1n) is 12.7. The minimum atomic E-state index is -3.93. The van der Waals surface area contributed by atoms with E-state index in [1.54, 1.807) is 36.4 Å². The van der Waals surface area contributed by atoms with Gasteiger partial charge in [0.25, 0.3) is 0 Å². The van der Waals surface area contributed by atoms with Gasteiger partial charge in [-0.2, -0.15) is 0 Å². The molecule has 0 aliphatic rings. The lowest BCUT2D eigenvalue weighted by Gasteiger charge is -2.34. The lowest BCUT2D eigenvalue weighted by atomic mass is 10.0. The quantitative estimate of drug-likeness (QED) is 0.269. The third-order valence-electron chi connectivity index (χ3n) is 6.43. The van der Waals surface area contributed by atoms with Gasteiger partial charge in [0.15, 0.2) is 0 Å². The smallest absolute Gasteiger partial charge is 0.244 e. The van der Waals surface area contributed by atoms with Crippen LogP contribution in [0.4, 0.5) is 5.69 Å². The molecule has 2 atom stereocenters. The van der Waals surface area contributed by atoms with Gasteiger partial charge in [-0.3, -0.25) is 13.9 Å². The predicted octanol–water partition coefficient (Wildman–Crippen LogP) is 5.97. The molecule has 0 unspecified atom stereocenters. The molecule has 0 bridgehead atoms. The molecule has 0 spiro atoms. The number of para-hydroxylation sites is 1. The van der Waals surface area contributed by atoms with E-state index in [0.717, 1.165) is 16.1 Å².